The summed E-state index contributed by atoms with van der Waals surface area (Å²) in [6.45, 7) is 1.55. The van der Waals surface area contributed by atoms with E-state index in [1.807, 2.05) is 4.90 Å². The Balaban J connectivity index is 1.65. The van der Waals surface area contributed by atoms with Gasteiger partial charge in [0.1, 0.15) is 0 Å². The molecule has 3 atom stereocenters. The van der Waals surface area contributed by atoms with Crippen LogP contribution in [0, 0.1) is 11.8 Å². The summed E-state index contributed by atoms with van der Waals surface area (Å²) in [5.41, 5.74) is 6.84. The maximum absolute atomic E-state index is 12.4. The zero-order valence-corrected chi connectivity index (χ0v) is 13.2. The molecule has 1 saturated carbocycles. The van der Waals surface area contributed by atoms with E-state index in [9.17, 15) is 4.79 Å². The van der Waals surface area contributed by atoms with Crippen molar-refractivity contribution in [1.29, 1.82) is 0 Å². The second-order valence-electron chi connectivity index (χ2n) is 5.98. The molecule has 6 heteroatoms. The molecule has 1 aromatic carbocycles. The average Bonchev–Trinajstić information content (AvgIpc) is 2.89. The molecule has 3 rings (SSSR count). The predicted octanol–water partition coefficient (Wildman–Crippen LogP) is 3.58. The molecule has 0 bridgehead atoms. The van der Waals surface area contributed by atoms with Crippen molar-refractivity contribution in [2.75, 3.05) is 18.4 Å². The van der Waals surface area contributed by atoms with E-state index in [2.05, 4.69) is 5.32 Å². The Labute approximate surface area is 134 Å². The van der Waals surface area contributed by atoms with E-state index in [4.69, 9.17) is 28.9 Å². The molecule has 2 amide bonds. The van der Waals surface area contributed by atoms with Crippen LogP contribution in [0.2, 0.25) is 10.0 Å². The quantitative estimate of drug-likeness (QED) is 0.828. The fraction of sp³-hybridized carbons (Fsp3) is 0.533. The van der Waals surface area contributed by atoms with Crippen LogP contribution in [0.3, 0.4) is 0 Å². The van der Waals surface area contributed by atoms with Crippen molar-refractivity contribution in [2.24, 2.45) is 17.6 Å². The number of hydrogen-bond donors (Lipinski definition) is 2. The maximum Gasteiger partial charge on any atom is 0.321 e. The van der Waals surface area contributed by atoms with E-state index in [1.54, 1.807) is 18.2 Å². The third kappa shape index (κ3) is 3.12. The maximum atomic E-state index is 12.4. The zero-order valence-electron chi connectivity index (χ0n) is 11.7. The van der Waals surface area contributed by atoms with Gasteiger partial charge >= 0.3 is 6.03 Å². The summed E-state index contributed by atoms with van der Waals surface area (Å²) in [4.78, 5) is 14.2. The highest BCUT2D eigenvalue weighted by molar-refractivity contribution is 6.42. The number of benzene rings is 1. The zero-order chi connectivity index (χ0) is 15.0. The first-order chi connectivity index (χ1) is 10.0. The van der Waals surface area contributed by atoms with Crippen LogP contribution in [-0.2, 0) is 0 Å². The van der Waals surface area contributed by atoms with Crippen LogP contribution in [-0.4, -0.2) is 30.1 Å². The molecular formula is C15H19Cl2N3O. The number of carbonyl (C=O) groups excluding carboxylic acids is 1. The van der Waals surface area contributed by atoms with Crippen LogP contribution in [0.5, 0.6) is 0 Å². The number of fused-ring (bicyclic) bond motifs is 1. The molecule has 0 radical (unpaired) electrons. The Morgan fingerprint density at radius 3 is 2.76 bits per heavy atom. The fourth-order valence-corrected chi connectivity index (χ4v) is 3.76. The van der Waals surface area contributed by atoms with Crippen molar-refractivity contribution < 1.29 is 4.79 Å². The number of nitrogens with zero attached hydrogens (tertiary/aromatic N) is 1. The van der Waals surface area contributed by atoms with Gasteiger partial charge in [0.15, 0.2) is 0 Å². The number of nitrogens with two attached hydrogens (primary N) is 1. The van der Waals surface area contributed by atoms with E-state index in [0.717, 1.165) is 19.5 Å². The molecule has 1 heterocycles. The first-order valence-corrected chi connectivity index (χ1v) is 8.07. The summed E-state index contributed by atoms with van der Waals surface area (Å²) >= 11 is 11.8. The van der Waals surface area contributed by atoms with Crippen LogP contribution < -0.4 is 11.1 Å². The fourth-order valence-electron chi connectivity index (χ4n) is 3.46. The average molecular weight is 328 g/mol. The molecule has 1 saturated heterocycles. The normalized spacial score (nSPS) is 28.3. The molecule has 0 spiro atoms. The minimum atomic E-state index is -0.0880. The van der Waals surface area contributed by atoms with Gasteiger partial charge in [0.2, 0.25) is 0 Å². The summed E-state index contributed by atoms with van der Waals surface area (Å²) in [6, 6.07) is 5.23. The number of carbonyl (C=O) groups is 1. The lowest BCUT2D eigenvalue weighted by Crippen LogP contribution is -2.39. The van der Waals surface area contributed by atoms with E-state index >= 15 is 0 Å². The van der Waals surface area contributed by atoms with Crippen molar-refractivity contribution in [2.45, 2.75) is 25.3 Å². The number of anilines is 1. The van der Waals surface area contributed by atoms with Gasteiger partial charge in [0.25, 0.3) is 0 Å². The third-order valence-corrected chi connectivity index (χ3v) is 5.35. The van der Waals surface area contributed by atoms with Crippen molar-refractivity contribution in [3.63, 3.8) is 0 Å². The Bertz CT molecular complexity index is 552. The molecule has 3 N–H and O–H groups in total. The van der Waals surface area contributed by atoms with Crippen molar-refractivity contribution >= 4 is 34.9 Å². The molecule has 21 heavy (non-hydrogen) atoms. The van der Waals surface area contributed by atoms with Crippen molar-refractivity contribution in [3.05, 3.63) is 28.2 Å². The third-order valence-electron chi connectivity index (χ3n) is 4.61. The molecule has 1 aromatic rings. The molecule has 114 valence electrons. The largest absolute Gasteiger partial charge is 0.327 e. The minimum absolute atomic E-state index is 0.0880. The lowest BCUT2D eigenvalue weighted by Gasteiger charge is -2.29. The second kappa shape index (κ2) is 6.03. The molecule has 1 aliphatic heterocycles. The first-order valence-electron chi connectivity index (χ1n) is 7.31. The van der Waals surface area contributed by atoms with Crippen LogP contribution in [0.4, 0.5) is 10.5 Å². The smallest absolute Gasteiger partial charge is 0.321 e. The summed E-state index contributed by atoms with van der Waals surface area (Å²) in [5, 5.41) is 3.80. The Hall–Kier alpha value is -0.970. The number of likely N-dealkylation sites (tertiary alicyclic amines) is 1. The van der Waals surface area contributed by atoms with Gasteiger partial charge in [0.05, 0.1) is 10.0 Å². The van der Waals surface area contributed by atoms with Gasteiger partial charge in [-0.2, -0.15) is 0 Å². The van der Waals surface area contributed by atoms with E-state index in [0.29, 0.717) is 27.6 Å². The molecule has 2 fully saturated rings. The van der Waals surface area contributed by atoms with Gasteiger partial charge in [-0.25, -0.2) is 4.79 Å². The van der Waals surface area contributed by atoms with Crippen LogP contribution in [0.25, 0.3) is 0 Å². The number of halogens is 2. The van der Waals surface area contributed by atoms with Gasteiger partial charge in [-0.15, -0.1) is 0 Å². The molecule has 3 unspecified atom stereocenters. The SMILES string of the molecule is NC1CCCC2CN(C(=O)Nc3ccc(Cl)c(Cl)c3)CC12. The molecule has 2 aliphatic rings. The van der Waals surface area contributed by atoms with E-state index in [-0.39, 0.29) is 12.1 Å². The number of amides is 2. The number of nitrogens with one attached hydrogen (secondary N) is 1. The molecular weight excluding hydrogens is 309 g/mol. The number of rotatable bonds is 1. The second-order valence-corrected chi connectivity index (χ2v) is 6.80. The Morgan fingerprint density at radius 2 is 2.05 bits per heavy atom. The van der Waals surface area contributed by atoms with Crippen LogP contribution in [0.1, 0.15) is 19.3 Å². The van der Waals surface area contributed by atoms with Gasteiger partial charge in [-0.3, -0.25) is 0 Å². The van der Waals surface area contributed by atoms with Crippen LogP contribution >= 0.6 is 23.2 Å². The van der Waals surface area contributed by atoms with Gasteiger partial charge in [0, 0.05) is 24.8 Å². The number of urea groups is 1. The number of hydrogen-bond acceptors (Lipinski definition) is 2. The summed E-state index contributed by atoms with van der Waals surface area (Å²) < 4.78 is 0. The molecule has 1 aliphatic carbocycles. The predicted molar refractivity (Wildman–Crippen MR) is 85.9 cm³/mol. The van der Waals surface area contributed by atoms with Crippen molar-refractivity contribution in [3.8, 4) is 0 Å². The Morgan fingerprint density at radius 1 is 1.24 bits per heavy atom. The highest BCUT2D eigenvalue weighted by Gasteiger charge is 2.40. The molecule has 4 nitrogen and oxygen atoms in total. The first kappa shape index (κ1) is 14.9. The lowest BCUT2D eigenvalue weighted by atomic mass is 9.78. The van der Waals surface area contributed by atoms with Gasteiger partial charge in [-0.1, -0.05) is 29.6 Å². The topological polar surface area (TPSA) is 58.4 Å². The molecule has 0 aromatic heterocycles. The highest BCUT2D eigenvalue weighted by Crippen LogP contribution is 2.35. The van der Waals surface area contributed by atoms with Crippen LogP contribution in [0.15, 0.2) is 18.2 Å². The van der Waals surface area contributed by atoms with E-state index < -0.39 is 0 Å². The van der Waals surface area contributed by atoms with Gasteiger partial charge < -0.3 is 16.0 Å². The summed E-state index contributed by atoms with van der Waals surface area (Å²) in [5.74, 6) is 0.992. The Kier molecular flexibility index (Phi) is 4.29. The lowest BCUT2D eigenvalue weighted by molar-refractivity contribution is 0.219. The highest BCUT2D eigenvalue weighted by atomic mass is 35.5. The standard InChI is InChI=1S/C15H19Cl2N3O/c16-12-5-4-10(6-13(12)17)19-15(21)20-7-9-2-1-3-14(18)11(9)8-20/h4-6,9,11,14H,1-3,7-8,18H2,(H,19,21). The summed E-state index contributed by atoms with van der Waals surface area (Å²) in [7, 11) is 0. The van der Waals surface area contributed by atoms with Crippen molar-refractivity contribution in [1.82, 2.24) is 4.90 Å². The minimum Gasteiger partial charge on any atom is -0.327 e. The van der Waals surface area contributed by atoms with E-state index in [1.165, 1.54) is 12.8 Å². The summed E-state index contributed by atoms with van der Waals surface area (Å²) in [6.07, 6.45) is 3.42. The monoisotopic (exact) mass is 327 g/mol. The van der Waals surface area contributed by atoms with Gasteiger partial charge in [-0.05, 0) is 42.9 Å².